The van der Waals surface area contributed by atoms with Crippen LogP contribution in [0, 0.1) is 5.92 Å². The number of aromatic nitrogens is 2. The molecule has 3 heteroatoms. The van der Waals surface area contributed by atoms with Crippen LogP contribution < -0.4 is 5.32 Å². The second-order valence-corrected chi connectivity index (χ2v) is 6.72. The van der Waals surface area contributed by atoms with Crippen LogP contribution in [0.3, 0.4) is 0 Å². The van der Waals surface area contributed by atoms with Crippen molar-refractivity contribution in [1.29, 1.82) is 0 Å². The van der Waals surface area contributed by atoms with Crippen LogP contribution in [0.5, 0.6) is 0 Å². The molecule has 1 rings (SSSR count). The van der Waals surface area contributed by atoms with E-state index in [1.165, 1.54) is 11.4 Å². The van der Waals surface area contributed by atoms with Crippen LogP contribution in [-0.4, -0.2) is 21.9 Å². The van der Waals surface area contributed by atoms with Gasteiger partial charge in [-0.25, -0.2) is 0 Å². The van der Waals surface area contributed by atoms with Crippen molar-refractivity contribution < 1.29 is 0 Å². The van der Waals surface area contributed by atoms with Crippen LogP contribution in [0.25, 0.3) is 0 Å². The molecule has 0 aliphatic carbocycles. The predicted molar refractivity (Wildman–Crippen MR) is 82.6 cm³/mol. The molecule has 1 unspecified atom stereocenters. The van der Waals surface area contributed by atoms with E-state index in [2.05, 4.69) is 64.5 Å². The largest absolute Gasteiger partial charge is 0.310 e. The maximum atomic E-state index is 4.80. The Bertz CT molecular complexity index is 385. The quantitative estimate of drug-likeness (QED) is 0.852. The Morgan fingerprint density at radius 3 is 2.26 bits per heavy atom. The molecule has 1 heterocycles. The zero-order chi connectivity index (χ0) is 14.6. The minimum Gasteiger partial charge on any atom is -0.310 e. The summed E-state index contributed by atoms with van der Waals surface area (Å²) in [6.45, 7) is 16.6. The van der Waals surface area contributed by atoms with E-state index >= 15 is 0 Å². The molecule has 0 aliphatic rings. The highest BCUT2D eigenvalue weighted by Gasteiger charge is 2.21. The third-order valence-corrected chi connectivity index (χ3v) is 3.51. The molecule has 0 spiro atoms. The molecule has 0 bridgehead atoms. The lowest BCUT2D eigenvalue weighted by Gasteiger charge is -2.29. The minimum atomic E-state index is 0.153. The summed E-state index contributed by atoms with van der Waals surface area (Å²) in [6.07, 6.45) is 2.06. The first-order valence-corrected chi connectivity index (χ1v) is 7.60. The summed E-state index contributed by atoms with van der Waals surface area (Å²) in [4.78, 5) is 0. The van der Waals surface area contributed by atoms with Crippen LogP contribution in [0.15, 0.2) is 6.07 Å². The van der Waals surface area contributed by atoms with Gasteiger partial charge in [-0.05, 0) is 45.6 Å². The Labute approximate surface area is 118 Å². The maximum Gasteiger partial charge on any atom is 0.0669 e. The van der Waals surface area contributed by atoms with E-state index in [-0.39, 0.29) is 5.54 Å². The van der Waals surface area contributed by atoms with E-state index in [0.29, 0.717) is 12.0 Å². The first-order chi connectivity index (χ1) is 8.78. The Morgan fingerprint density at radius 2 is 1.84 bits per heavy atom. The second-order valence-electron chi connectivity index (χ2n) is 6.72. The van der Waals surface area contributed by atoms with Gasteiger partial charge in [0.15, 0.2) is 0 Å². The van der Waals surface area contributed by atoms with Crippen molar-refractivity contribution in [3.63, 3.8) is 0 Å². The van der Waals surface area contributed by atoms with Gasteiger partial charge < -0.3 is 5.32 Å². The van der Waals surface area contributed by atoms with Gasteiger partial charge in [-0.15, -0.1) is 0 Å². The molecule has 1 aromatic rings. The summed E-state index contributed by atoms with van der Waals surface area (Å²) in [6, 6.07) is 2.68. The molecule has 0 amide bonds. The van der Waals surface area contributed by atoms with Gasteiger partial charge in [0.1, 0.15) is 0 Å². The van der Waals surface area contributed by atoms with Crippen molar-refractivity contribution in [3.8, 4) is 0 Å². The molecule has 0 saturated carbocycles. The zero-order valence-corrected chi connectivity index (χ0v) is 13.7. The van der Waals surface area contributed by atoms with Gasteiger partial charge in [0, 0.05) is 17.8 Å². The van der Waals surface area contributed by atoms with Crippen LogP contribution in [0.1, 0.15) is 65.9 Å². The van der Waals surface area contributed by atoms with Crippen molar-refractivity contribution in [2.75, 3.05) is 6.54 Å². The average molecular weight is 265 g/mol. The molecule has 0 radical (unpaired) electrons. The molecule has 3 nitrogen and oxygen atoms in total. The molecule has 1 atom stereocenters. The summed E-state index contributed by atoms with van der Waals surface area (Å²) in [5.41, 5.74) is 2.71. The minimum absolute atomic E-state index is 0.153. The van der Waals surface area contributed by atoms with Gasteiger partial charge in [-0.3, -0.25) is 4.68 Å². The third-order valence-electron chi connectivity index (χ3n) is 3.51. The molecular formula is C16H31N3. The normalized spacial score (nSPS) is 14.1. The SMILES string of the molecule is CCc1cc(CC)n(C(CNC(C)(C)C)C(C)C)n1. The van der Waals surface area contributed by atoms with Crippen LogP contribution >= 0.6 is 0 Å². The van der Waals surface area contributed by atoms with E-state index in [9.17, 15) is 0 Å². The highest BCUT2D eigenvalue weighted by atomic mass is 15.3. The molecule has 1 aromatic heterocycles. The van der Waals surface area contributed by atoms with E-state index in [1.807, 2.05) is 0 Å². The second kappa shape index (κ2) is 6.56. The van der Waals surface area contributed by atoms with E-state index in [0.717, 1.165) is 19.4 Å². The Kier molecular flexibility index (Phi) is 5.60. The Morgan fingerprint density at radius 1 is 1.21 bits per heavy atom. The van der Waals surface area contributed by atoms with Crippen molar-refractivity contribution in [2.24, 2.45) is 5.92 Å². The van der Waals surface area contributed by atoms with Crippen molar-refractivity contribution >= 4 is 0 Å². The van der Waals surface area contributed by atoms with Crippen molar-refractivity contribution in [2.45, 2.75) is 72.9 Å². The summed E-state index contributed by atoms with van der Waals surface area (Å²) < 4.78 is 2.25. The lowest BCUT2D eigenvalue weighted by atomic mass is 10.0. The molecule has 110 valence electrons. The highest BCUT2D eigenvalue weighted by Crippen LogP contribution is 2.21. The van der Waals surface area contributed by atoms with Gasteiger partial charge in [0.2, 0.25) is 0 Å². The first kappa shape index (κ1) is 16.2. The Hall–Kier alpha value is -0.830. The van der Waals surface area contributed by atoms with Crippen LogP contribution in [0.2, 0.25) is 0 Å². The molecule has 1 N–H and O–H groups in total. The predicted octanol–water partition coefficient (Wildman–Crippen LogP) is 3.59. The van der Waals surface area contributed by atoms with Crippen LogP contribution in [0.4, 0.5) is 0 Å². The van der Waals surface area contributed by atoms with Gasteiger partial charge in [-0.1, -0.05) is 27.7 Å². The fourth-order valence-corrected chi connectivity index (χ4v) is 2.23. The topological polar surface area (TPSA) is 29.9 Å². The van der Waals surface area contributed by atoms with Gasteiger partial charge >= 0.3 is 0 Å². The monoisotopic (exact) mass is 265 g/mol. The smallest absolute Gasteiger partial charge is 0.0669 e. The van der Waals surface area contributed by atoms with E-state index in [4.69, 9.17) is 5.10 Å². The number of nitrogens with zero attached hydrogens (tertiary/aromatic N) is 2. The average Bonchev–Trinajstić information content (AvgIpc) is 2.70. The number of hydrogen-bond acceptors (Lipinski definition) is 2. The molecule has 0 aliphatic heterocycles. The summed E-state index contributed by atoms with van der Waals surface area (Å²) >= 11 is 0. The fourth-order valence-electron chi connectivity index (χ4n) is 2.23. The number of rotatable bonds is 6. The van der Waals surface area contributed by atoms with Gasteiger partial charge in [0.05, 0.1) is 11.7 Å². The van der Waals surface area contributed by atoms with Crippen molar-refractivity contribution in [3.05, 3.63) is 17.5 Å². The number of aryl methyl sites for hydroxylation is 2. The van der Waals surface area contributed by atoms with Gasteiger partial charge in [0.25, 0.3) is 0 Å². The first-order valence-electron chi connectivity index (χ1n) is 7.60. The summed E-state index contributed by atoms with van der Waals surface area (Å²) in [5, 5.41) is 8.42. The number of nitrogens with one attached hydrogen (secondary N) is 1. The number of hydrogen-bond donors (Lipinski definition) is 1. The van der Waals surface area contributed by atoms with E-state index < -0.39 is 0 Å². The lowest BCUT2D eigenvalue weighted by molar-refractivity contribution is 0.288. The van der Waals surface area contributed by atoms with Gasteiger partial charge in [-0.2, -0.15) is 5.10 Å². The maximum absolute atomic E-state index is 4.80. The standard InChI is InChI=1S/C16H31N3/c1-8-13-10-14(9-2)19(18-13)15(12(3)4)11-17-16(5,6)7/h10,12,15,17H,8-9,11H2,1-7H3. The van der Waals surface area contributed by atoms with Crippen LogP contribution in [-0.2, 0) is 12.8 Å². The summed E-state index contributed by atoms with van der Waals surface area (Å²) in [7, 11) is 0. The van der Waals surface area contributed by atoms with E-state index in [1.54, 1.807) is 0 Å². The fraction of sp³-hybridized carbons (Fsp3) is 0.812. The zero-order valence-electron chi connectivity index (χ0n) is 13.7. The Balaban J connectivity index is 2.95. The molecule has 0 aromatic carbocycles. The molecular weight excluding hydrogens is 234 g/mol. The molecule has 19 heavy (non-hydrogen) atoms. The highest BCUT2D eigenvalue weighted by molar-refractivity contribution is 5.11. The summed E-state index contributed by atoms with van der Waals surface area (Å²) in [5.74, 6) is 0.574. The molecule has 0 saturated heterocycles. The lowest BCUT2D eigenvalue weighted by Crippen LogP contribution is -2.41. The third kappa shape index (κ3) is 4.64. The molecule has 0 fully saturated rings. The van der Waals surface area contributed by atoms with Crippen molar-refractivity contribution in [1.82, 2.24) is 15.1 Å².